The Bertz CT molecular complexity index is 837. The summed E-state index contributed by atoms with van der Waals surface area (Å²) in [5, 5.41) is 9.71. The molecule has 130 valence electrons. The van der Waals surface area contributed by atoms with Crippen LogP contribution < -0.4 is 14.2 Å². The van der Waals surface area contributed by atoms with Gasteiger partial charge in [0.05, 0.1) is 12.8 Å². The van der Waals surface area contributed by atoms with Crippen LogP contribution in [0.15, 0.2) is 47.4 Å². The number of anilines is 1. The van der Waals surface area contributed by atoms with Gasteiger partial charge in [0.25, 0.3) is 10.0 Å². The summed E-state index contributed by atoms with van der Waals surface area (Å²) < 4.78 is 72.7. The summed E-state index contributed by atoms with van der Waals surface area (Å²) >= 11 is 0. The number of phenolic OH excluding ortho intramolecular Hbond substituents is 1. The first-order chi connectivity index (χ1) is 11.1. The number of benzene rings is 2. The minimum atomic E-state index is -5.12. The van der Waals surface area contributed by atoms with Crippen LogP contribution in [-0.2, 0) is 10.0 Å². The van der Waals surface area contributed by atoms with E-state index < -0.39 is 32.8 Å². The third kappa shape index (κ3) is 4.22. The van der Waals surface area contributed by atoms with Crippen molar-refractivity contribution in [2.24, 2.45) is 0 Å². The first-order valence-electron chi connectivity index (χ1n) is 6.37. The van der Waals surface area contributed by atoms with Crippen molar-refractivity contribution >= 4 is 15.7 Å². The van der Waals surface area contributed by atoms with Gasteiger partial charge in [-0.2, -0.15) is 0 Å². The van der Waals surface area contributed by atoms with E-state index >= 15 is 0 Å². The molecular weight excluding hydrogens is 351 g/mol. The Kier molecular flexibility index (Phi) is 4.78. The molecule has 2 aromatic carbocycles. The molecule has 10 heteroatoms. The van der Waals surface area contributed by atoms with Crippen LogP contribution >= 0.6 is 0 Å². The maximum atomic E-state index is 12.4. The van der Waals surface area contributed by atoms with E-state index in [9.17, 15) is 26.7 Å². The molecule has 2 aromatic rings. The number of aromatic hydroxyl groups is 1. The topological polar surface area (TPSA) is 84.9 Å². The lowest BCUT2D eigenvalue weighted by Gasteiger charge is -2.15. The number of ether oxygens (including phenoxy) is 2. The van der Waals surface area contributed by atoms with Crippen molar-refractivity contribution in [2.75, 3.05) is 11.8 Å². The van der Waals surface area contributed by atoms with Crippen LogP contribution in [0.1, 0.15) is 0 Å². The van der Waals surface area contributed by atoms with E-state index in [0.717, 1.165) is 18.2 Å². The molecule has 0 atom stereocenters. The molecule has 0 bridgehead atoms. The molecule has 0 aliphatic carbocycles. The third-order valence-corrected chi connectivity index (χ3v) is 4.23. The van der Waals surface area contributed by atoms with Crippen LogP contribution in [0, 0.1) is 0 Å². The third-order valence-electron chi connectivity index (χ3n) is 2.77. The maximum absolute atomic E-state index is 12.4. The summed E-state index contributed by atoms with van der Waals surface area (Å²) in [5.74, 6) is -1.59. The highest BCUT2D eigenvalue weighted by molar-refractivity contribution is 7.93. The minimum absolute atomic E-state index is 0.0376. The highest BCUT2D eigenvalue weighted by Gasteiger charge is 2.35. The molecule has 0 saturated carbocycles. The van der Waals surface area contributed by atoms with Gasteiger partial charge in [-0.1, -0.05) is 12.1 Å². The molecule has 0 amide bonds. The fourth-order valence-corrected chi connectivity index (χ4v) is 3.13. The lowest BCUT2D eigenvalue weighted by atomic mass is 10.3. The molecule has 2 rings (SSSR count). The normalized spacial score (nSPS) is 11.8. The van der Waals surface area contributed by atoms with Crippen LogP contribution in [0.25, 0.3) is 0 Å². The van der Waals surface area contributed by atoms with Gasteiger partial charge >= 0.3 is 6.36 Å². The van der Waals surface area contributed by atoms with Crippen molar-refractivity contribution in [1.29, 1.82) is 0 Å². The summed E-state index contributed by atoms with van der Waals surface area (Å²) in [6, 6.07) is 8.47. The fourth-order valence-electron chi connectivity index (χ4n) is 1.87. The van der Waals surface area contributed by atoms with Crippen LogP contribution in [0.5, 0.6) is 17.2 Å². The van der Waals surface area contributed by atoms with E-state index in [0.29, 0.717) is 5.75 Å². The Labute approximate surface area is 135 Å². The van der Waals surface area contributed by atoms with E-state index in [2.05, 4.69) is 9.46 Å². The van der Waals surface area contributed by atoms with Gasteiger partial charge in [-0.25, -0.2) is 8.42 Å². The molecule has 0 heterocycles. The van der Waals surface area contributed by atoms with Crippen molar-refractivity contribution in [3.63, 3.8) is 0 Å². The van der Waals surface area contributed by atoms with Crippen molar-refractivity contribution in [3.8, 4) is 17.2 Å². The largest absolute Gasteiger partial charge is 0.573 e. The molecule has 0 unspecified atom stereocenters. The fraction of sp³-hybridized carbons (Fsp3) is 0.143. The molecule has 0 radical (unpaired) electrons. The molecular formula is C14H12F3NO5S. The second kappa shape index (κ2) is 6.48. The van der Waals surface area contributed by atoms with E-state index in [-0.39, 0.29) is 5.69 Å². The number of methoxy groups -OCH3 is 1. The van der Waals surface area contributed by atoms with Crippen molar-refractivity contribution < 1.29 is 36.2 Å². The summed E-state index contributed by atoms with van der Waals surface area (Å²) in [6.45, 7) is 0. The van der Waals surface area contributed by atoms with Gasteiger partial charge in [0.2, 0.25) is 0 Å². The van der Waals surface area contributed by atoms with Gasteiger partial charge in [-0.15, -0.1) is 13.2 Å². The highest BCUT2D eigenvalue weighted by Crippen LogP contribution is 2.36. The SMILES string of the molecule is COc1cccc(NS(=O)(=O)c2c(O)cccc2OC(F)(F)F)c1. The second-order valence-electron chi connectivity index (χ2n) is 4.49. The Morgan fingerprint density at radius 1 is 1.12 bits per heavy atom. The van der Waals surface area contributed by atoms with Crippen LogP contribution in [0.3, 0.4) is 0 Å². The van der Waals surface area contributed by atoms with Crippen LogP contribution in [-0.4, -0.2) is 27.0 Å². The van der Waals surface area contributed by atoms with Gasteiger partial charge in [-0.05, 0) is 24.3 Å². The van der Waals surface area contributed by atoms with Crippen LogP contribution in [0.2, 0.25) is 0 Å². The van der Waals surface area contributed by atoms with E-state index in [1.165, 1.54) is 25.3 Å². The zero-order valence-electron chi connectivity index (χ0n) is 12.2. The van der Waals surface area contributed by atoms with E-state index in [4.69, 9.17) is 4.74 Å². The molecule has 2 N–H and O–H groups in total. The van der Waals surface area contributed by atoms with Gasteiger partial charge in [0.1, 0.15) is 11.5 Å². The Hall–Kier alpha value is -2.62. The number of sulfonamides is 1. The Morgan fingerprint density at radius 3 is 2.42 bits per heavy atom. The van der Waals surface area contributed by atoms with E-state index in [1.807, 2.05) is 0 Å². The lowest BCUT2D eigenvalue weighted by Crippen LogP contribution is -2.21. The zero-order chi connectivity index (χ0) is 18.0. The molecule has 0 spiro atoms. The van der Waals surface area contributed by atoms with Crippen LogP contribution in [0.4, 0.5) is 18.9 Å². The first-order valence-corrected chi connectivity index (χ1v) is 7.85. The average molecular weight is 363 g/mol. The maximum Gasteiger partial charge on any atom is 0.573 e. The molecule has 0 saturated heterocycles. The van der Waals surface area contributed by atoms with Crippen molar-refractivity contribution in [2.45, 2.75) is 11.3 Å². The molecule has 0 aliphatic rings. The summed E-state index contributed by atoms with van der Waals surface area (Å²) in [4.78, 5) is -1.02. The Balaban J connectivity index is 2.45. The van der Waals surface area contributed by atoms with Gasteiger partial charge in [-0.3, -0.25) is 4.72 Å². The number of halogens is 3. The molecule has 0 fully saturated rings. The molecule has 24 heavy (non-hydrogen) atoms. The van der Waals surface area contributed by atoms with E-state index in [1.54, 1.807) is 6.07 Å². The number of alkyl halides is 3. The zero-order valence-corrected chi connectivity index (χ0v) is 13.0. The molecule has 6 nitrogen and oxygen atoms in total. The minimum Gasteiger partial charge on any atom is -0.506 e. The Morgan fingerprint density at radius 2 is 1.79 bits per heavy atom. The highest BCUT2D eigenvalue weighted by atomic mass is 32.2. The number of hydrogen-bond donors (Lipinski definition) is 2. The average Bonchev–Trinajstić information content (AvgIpc) is 2.45. The number of phenols is 1. The second-order valence-corrected chi connectivity index (χ2v) is 6.11. The standard InChI is InChI=1S/C14H12F3NO5S/c1-22-10-5-2-4-9(8-10)18-24(20,21)13-11(19)6-3-7-12(13)23-14(15,16)17/h2-8,18-19H,1H3. The van der Waals surface area contributed by atoms with Crippen molar-refractivity contribution in [1.82, 2.24) is 0 Å². The smallest absolute Gasteiger partial charge is 0.506 e. The quantitative estimate of drug-likeness (QED) is 0.853. The number of hydrogen-bond acceptors (Lipinski definition) is 5. The van der Waals surface area contributed by atoms with Crippen molar-refractivity contribution in [3.05, 3.63) is 42.5 Å². The predicted octanol–water partition coefficient (Wildman–Crippen LogP) is 3.10. The monoisotopic (exact) mass is 363 g/mol. The number of rotatable bonds is 5. The summed E-state index contributed by atoms with van der Waals surface area (Å²) in [5.41, 5.74) is 0.0376. The summed E-state index contributed by atoms with van der Waals surface area (Å²) in [6.07, 6.45) is -5.12. The molecule has 0 aromatic heterocycles. The number of nitrogens with one attached hydrogen (secondary N) is 1. The molecule has 0 aliphatic heterocycles. The lowest BCUT2D eigenvalue weighted by molar-refractivity contribution is -0.275. The van der Waals surface area contributed by atoms with Gasteiger partial charge < -0.3 is 14.6 Å². The van der Waals surface area contributed by atoms with Gasteiger partial charge in [0, 0.05) is 6.07 Å². The summed E-state index contributed by atoms with van der Waals surface area (Å²) in [7, 11) is -3.19. The van der Waals surface area contributed by atoms with Gasteiger partial charge in [0.15, 0.2) is 10.6 Å². The first kappa shape index (κ1) is 17.7. The predicted molar refractivity (Wildman–Crippen MR) is 78.6 cm³/mol.